The van der Waals surface area contributed by atoms with Gasteiger partial charge in [0.15, 0.2) is 0 Å². The summed E-state index contributed by atoms with van der Waals surface area (Å²) in [6, 6.07) is 9.57. The molecule has 0 radical (unpaired) electrons. The molecule has 0 saturated carbocycles. The smallest absolute Gasteiger partial charge is 0.726 e. The number of aryl methyl sites for hydroxylation is 1. The van der Waals surface area contributed by atoms with Gasteiger partial charge in [-0.15, -0.1) is 0 Å². The maximum Gasteiger partial charge on any atom is 1.00 e. The largest absolute Gasteiger partial charge is 1.00 e. The predicted octanol–water partition coefficient (Wildman–Crippen LogP) is -0.450. The van der Waals surface area contributed by atoms with Gasteiger partial charge in [-0.3, -0.25) is 4.55 Å². The van der Waals surface area contributed by atoms with E-state index in [0.717, 1.165) is 60.2 Å². The van der Waals surface area contributed by atoms with Gasteiger partial charge in [0.1, 0.15) is 17.2 Å². The molecule has 2 aliphatic heterocycles. The van der Waals surface area contributed by atoms with E-state index in [1.165, 1.54) is 25.7 Å². The molecule has 12 heteroatoms. The molecule has 3 aromatic rings. The molecule has 2 N–H and O–H groups in total. The Morgan fingerprint density at radius 1 is 0.939 bits per heavy atom. The minimum Gasteiger partial charge on any atom is -0.726 e. The van der Waals surface area contributed by atoms with E-state index in [-0.39, 0.29) is 57.1 Å². The number of hydrogen-bond donors (Lipinski definition) is 2. The summed E-state index contributed by atoms with van der Waals surface area (Å²) in [6.07, 6.45) is 4.88. The molecule has 0 bridgehead atoms. The minimum absolute atomic E-state index is 0. The molecular weight excluding hydrogens is 473 g/mol. The molecule has 0 spiro atoms. The Morgan fingerprint density at radius 2 is 1.45 bits per heavy atom. The fourth-order valence-electron chi connectivity index (χ4n) is 4.31. The van der Waals surface area contributed by atoms with Crippen LogP contribution in [0.4, 0.5) is 11.8 Å². The first-order valence-electron chi connectivity index (χ1n) is 10.6. The van der Waals surface area contributed by atoms with Crippen LogP contribution in [0.5, 0.6) is 5.75 Å². The molecular formula is C21H26KN5O5S. The van der Waals surface area contributed by atoms with Gasteiger partial charge >= 0.3 is 51.4 Å². The van der Waals surface area contributed by atoms with Crippen molar-refractivity contribution in [1.82, 2.24) is 14.5 Å². The topological polar surface area (TPSA) is 135 Å². The van der Waals surface area contributed by atoms with E-state index < -0.39 is 10.4 Å². The molecule has 10 nitrogen and oxygen atoms in total. The zero-order valence-electron chi connectivity index (χ0n) is 18.8. The Bertz CT molecular complexity index is 1200. The number of nitrogens with zero attached hydrogens (tertiary/aromatic N) is 5. The molecule has 33 heavy (non-hydrogen) atoms. The minimum atomic E-state index is -4.92. The van der Waals surface area contributed by atoms with E-state index in [2.05, 4.69) is 27.5 Å². The van der Waals surface area contributed by atoms with Gasteiger partial charge in [-0.2, -0.15) is 9.97 Å². The number of phenols is 1. The molecule has 4 heterocycles. The average Bonchev–Trinajstić information content (AvgIpc) is 3.49. The molecule has 0 atom stereocenters. The Hall–Kier alpha value is -1.25. The first kappa shape index (κ1) is 26.4. The molecule has 2 saturated heterocycles. The monoisotopic (exact) mass is 499 g/mol. The van der Waals surface area contributed by atoms with Gasteiger partial charge in [-0.1, -0.05) is 0 Å². The fourth-order valence-corrected chi connectivity index (χ4v) is 4.31. The predicted molar refractivity (Wildman–Crippen MR) is 121 cm³/mol. The molecule has 0 amide bonds. The average molecular weight is 500 g/mol. The summed E-state index contributed by atoms with van der Waals surface area (Å²) in [6.45, 7) is 4.21. The van der Waals surface area contributed by atoms with Crippen molar-refractivity contribution in [2.75, 3.05) is 36.0 Å². The summed E-state index contributed by atoms with van der Waals surface area (Å²) < 4.78 is 35.0. The van der Waals surface area contributed by atoms with Crippen molar-refractivity contribution in [3.63, 3.8) is 0 Å². The zero-order valence-corrected chi connectivity index (χ0v) is 22.7. The van der Waals surface area contributed by atoms with Crippen LogP contribution in [-0.2, 0) is 17.4 Å². The number of aromatic hydroxyl groups is 1. The second kappa shape index (κ2) is 11.0. The van der Waals surface area contributed by atoms with Gasteiger partial charge in [-0.25, -0.2) is 8.42 Å². The number of benzene rings is 1. The Labute approximate surface area is 235 Å². The quantitative estimate of drug-likeness (QED) is 0.279. The van der Waals surface area contributed by atoms with E-state index in [1.54, 1.807) is 12.1 Å². The number of aromatic nitrogens is 3. The summed E-state index contributed by atoms with van der Waals surface area (Å²) in [7, 11) is -2.85. The standard InChI is InChI=1S/C21H25N5O.K.H2O4S/c1-24-18(15-6-8-16(27)9-7-15)14-17-19(24)22-21(26-12-4-5-13-26)23-20(17)25-10-2-3-11-25;;1-5(2,3)4/h6-9,14,27H,2-5,10-13H2,1H3;;(H2,1,2,3,4)/q;+1;/p-1. The number of phenolic OH excluding ortho intramolecular Hbond substituents is 1. The van der Waals surface area contributed by atoms with Crippen LogP contribution in [0.2, 0.25) is 0 Å². The molecule has 1 aromatic carbocycles. The van der Waals surface area contributed by atoms with Gasteiger partial charge in [0.2, 0.25) is 16.3 Å². The van der Waals surface area contributed by atoms with E-state index in [1.807, 2.05) is 12.1 Å². The van der Waals surface area contributed by atoms with Crippen LogP contribution in [0, 0.1) is 0 Å². The van der Waals surface area contributed by atoms with Gasteiger partial charge in [-0.05, 0) is 61.6 Å². The van der Waals surface area contributed by atoms with Crippen LogP contribution in [0.25, 0.3) is 22.3 Å². The maximum absolute atomic E-state index is 9.62. The maximum atomic E-state index is 9.62. The van der Waals surface area contributed by atoms with Crippen molar-refractivity contribution in [1.29, 1.82) is 0 Å². The first-order chi connectivity index (χ1) is 15.2. The first-order valence-corrected chi connectivity index (χ1v) is 11.9. The summed E-state index contributed by atoms with van der Waals surface area (Å²) in [4.78, 5) is 14.7. The van der Waals surface area contributed by atoms with Gasteiger partial charge in [0.05, 0.1) is 11.1 Å². The normalized spacial score (nSPS) is 16.0. The van der Waals surface area contributed by atoms with Crippen molar-refractivity contribution in [2.45, 2.75) is 25.7 Å². The number of rotatable bonds is 3. The van der Waals surface area contributed by atoms with Crippen LogP contribution < -0.4 is 61.2 Å². The molecule has 2 aliphatic rings. The van der Waals surface area contributed by atoms with Crippen LogP contribution in [0.15, 0.2) is 30.3 Å². The third kappa shape index (κ3) is 6.45. The Balaban J connectivity index is 0.000000465. The Morgan fingerprint density at radius 3 is 2.00 bits per heavy atom. The second-order valence-corrected chi connectivity index (χ2v) is 8.89. The molecule has 2 aromatic heterocycles. The summed E-state index contributed by atoms with van der Waals surface area (Å²) in [5.41, 5.74) is 3.15. The summed E-state index contributed by atoms with van der Waals surface area (Å²) in [5.74, 6) is 2.21. The fraction of sp³-hybridized carbons (Fsp3) is 0.429. The van der Waals surface area contributed by atoms with Crippen molar-refractivity contribution < 1.29 is 74.0 Å². The van der Waals surface area contributed by atoms with Crippen LogP contribution >= 0.6 is 0 Å². The molecule has 0 unspecified atom stereocenters. The van der Waals surface area contributed by atoms with E-state index in [9.17, 15) is 5.11 Å². The van der Waals surface area contributed by atoms with Crippen LogP contribution in [0.3, 0.4) is 0 Å². The third-order valence-electron chi connectivity index (χ3n) is 5.81. The molecule has 5 rings (SSSR count). The molecule has 2 fully saturated rings. The van der Waals surface area contributed by atoms with Crippen molar-refractivity contribution in [3.05, 3.63) is 30.3 Å². The SMILES string of the molecule is Cn1c(-c2ccc(O)cc2)cc2c(N3CCCC3)nc(N3CCCC3)nc21.O=S(=O)([O-])O.[K+]. The van der Waals surface area contributed by atoms with E-state index in [4.69, 9.17) is 27.5 Å². The van der Waals surface area contributed by atoms with E-state index in [0.29, 0.717) is 0 Å². The Kier molecular flexibility index (Phi) is 8.78. The van der Waals surface area contributed by atoms with E-state index >= 15 is 0 Å². The molecule has 0 aliphatic carbocycles. The second-order valence-electron chi connectivity index (χ2n) is 8.04. The molecule has 172 valence electrons. The summed E-state index contributed by atoms with van der Waals surface area (Å²) >= 11 is 0. The van der Waals surface area contributed by atoms with Crippen molar-refractivity contribution in [3.8, 4) is 17.0 Å². The number of hydrogen-bond acceptors (Lipinski definition) is 8. The van der Waals surface area contributed by atoms with Gasteiger partial charge < -0.3 is 24.0 Å². The van der Waals surface area contributed by atoms with Crippen LogP contribution in [-0.4, -0.2) is 63.3 Å². The third-order valence-corrected chi connectivity index (χ3v) is 5.81. The number of fused-ring (bicyclic) bond motifs is 1. The van der Waals surface area contributed by atoms with Gasteiger partial charge in [0.25, 0.3) is 0 Å². The van der Waals surface area contributed by atoms with Crippen molar-refractivity contribution >= 4 is 33.2 Å². The van der Waals surface area contributed by atoms with Gasteiger partial charge in [0, 0.05) is 33.2 Å². The van der Waals surface area contributed by atoms with Crippen molar-refractivity contribution in [2.24, 2.45) is 7.05 Å². The number of anilines is 2. The zero-order chi connectivity index (χ0) is 22.9. The van der Waals surface area contributed by atoms with Crippen LogP contribution in [0.1, 0.15) is 25.7 Å². The summed E-state index contributed by atoms with van der Waals surface area (Å²) in [5, 5.41) is 10.7.